The minimum atomic E-state index is 0.447. The summed E-state index contributed by atoms with van der Waals surface area (Å²) in [5, 5.41) is 6.91. The van der Waals surface area contributed by atoms with Crippen molar-refractivity contribution >= 4 is 11.3 Å². The molecule has 116 valence electrons. The zero-order chi connectivity index (χ0) is 14.8. The Labute approximate surface area is 129 Å². The molecule has 20 heavy (non-hydrogen) atoms. The van der Waals surface area contributed by atoms with Crippen molar-refractivity contribution in [1.29, 1.82) is 0 Å². The van der Waals surface area contributed by atoms with E-state index < -0.39 is 0 Å². The third kappa shape index (κ3) is 6.36. The lowest BCUT2D eigenvalue weighted by atomic mass is 10.1. The summed E-state index contributed by atoms with van der Waals surface area (Å²) in [7, 11) is 2.06. The maximum atomic E-state index is 4.78. The van der Waals surface area contributed by atoms with Gasteiger partial charge in [-0.15, -0.1) is 11.3 Å². The van der Waals surface area contributed by atoms with Crippen molar-refractivity contribution in [1.82, 2.24) is 10.3 Å². The average Bonchev–Trinajstić information content (AvgIpc) is 2.92. The molecule has 0 fully saturated rings. The van der Waals surface area contributed by atoms with Crippen LogP contribution in [-0.2, 0) is 0 Å². The first-order valence-corrected chi connectivity index (χ1v) is 9.19. The fraction of sp³-hybridized carbons (Fsp3) is 0.824. The van der Waals surface area contributed by atoms with Crippen LogP contribution in [0.4, 0.5) is 0 Å². The van der Waals surface area contributed by atoms with Crippen LogP contribution >= 0.6 is 11.3 Å². The molecule has 0 saturated carbocycles. The Morgan fingerprint density at radius 3 is 2.30 bits per heavy atom. The summed E-state index contributed by atoms with van der Waals surface area (Å²) >= 11 is 1.81. The SMILES string of the molecule is CCCCCCCCCC(NC)c1nc(C(C)C)cs1. The van der Waals surface area contributed by atoms with Gasteiger partial charge < -0.3 is 5.32 Å². The molecule has 1 rings (SSSR count). The molecule has 0 aliphatic carbocycles. The van der Waals surface area contributed by atoms with Crippen molar-refractivity contribution in [3.05, 3.63) is 16.1 Å². The van der Waals surface area contributed by atoms with Gasteiger partial charge in [0, 0.05) is 5.38 Å². The average molecular weight is 297 g/mol. The fourth-order valence-electron chi connectivity index (χ4n) is 2.42. The van der Waals surface area contributed by atoms with E-state index in [1.807, 2.05) is 11.3 Å². The molecule has 3 heteroatoms. The predicted octanol–water partition coefficient (Wildman–Crippen LogP) is 5.67. The Hall–Kier alpha value is -0.410. The summed E-state index contributed by atoms with van der Waals surface area (Å²) in [6.07, 6.45) is 10.8. The Morgan fingerprint density at radius 2 is 1.75 bits per heavy atom. The van der Waals surface area contributed by atoms with Gasteiger partial charge in [-0.1, -0.05) is 65.7 Å². The second-order valence-electron chi connectivity index (χ2n) is 6.02. The van der Waals surface area contributed by atoms with Crippen LogP contribution in [0.25, 0.3) is 0 Å². The molecular formula is C17H32N2S. The molecule has 1 heterocycles. The van der Waals surface area contributed by atoms with Crippen LogP contribution in [0.1, 0.15) is 94.8 Å². The summed E-state index contributed by atoms with van der Waals surface area (Å²) in [4.78, 5) is 4.78. The van der Waals surface area contributed by atoms with Crippen LogP contribution in [0.3, 0.4) is 0 Å². The van der Waals surface area contributed by atoms with E-state index in [1.165, 1.54) is 62.1 Å². The topological polar surface area (TPSA) is 24.9 Å². The summed E-state index contributed by atoms with van der Waals surface area (Å²) in [6, 6.07) is 0.447. The molecule has 2 nitrogen and oxygen atoms in total. The molecule has 0 aliphatic rings. The van der Waals surface area contributed by atoms with Gasteiger partial charge in [0.2, 0.25) is 0 Å². The minimum Gasteiger partial charge on any atom is -0.311 e. The Morgan fingerprint density at radius 1 is 1.10 bits per heavy atom. The number of rotatable bonds is 11. The van der Waals surface area contributed by atoms with Crippen LogP contribution in [-0.4, -0.2) is 12.0 Å². The lowest BCUT2D eigenvalue weighted by Crippen LogP contribution is -2.16. The van der Waals surface area contributed by atoms with Gasteiger partial charge in [-0.2, -0.15) is 0 Å². The van der Waals surface area contributed by atoms with Crippen molar-refractivity contribution < 1.29 is 0 Å². The van der Waals surface area contributed by atoms with E-state index in [-0.39, 0.29) is 0 Å². The van der Waals surface area contributed by atoms with Crippen molar-refractivity contribution in [2.75, 3.05) is 7.05 Å². The Kier molecular flexibility index (Phi) is 9.12. The molecular weight excluding hydrogens is 264 g/mol. The number of nitrogens with zero attached hydrogens (tertiary/aromatic N) is 1. The first-order chi connectivity index (χ1) is 9.69. The van der Waals surface area contributed by atoms with Gasteiger partial charge in [0.05, 0.1) is 11.7 Å². The predicted molar refractivity (Wildman–Crippen MR) is 90.6 cm³/mol. The molecule has 0 amide bonds. The van der Waals surface area contributed by atoms with Gasteiger partial charge in [-0.3, -0.25) is 0 Å². The molecule has 0 aliphatic heterocycles. The Balaban J connectivity index is 2.25. The number of thiazole rings is 1. The van der Waals surface area contributed by atoms with Gasteiger partial charge in [0.15, 0.2) is 0 Å². The fourth-order valence-corrected chi connectivity index (χ4v) is 3.55. The van der Waals surface area contributed by atoms with Crippen LogP contribution in [0.15, 0.2) is 5.38 Å². The molecule has 1 N–H and O–H groups in total. The van der Waals surface area contributed by atoms with E-state index in [1.54, 1.807) is 0 Å². The number of nitrogens with one attached hydrogen (secondary N) is 1. The van der Waals surface area contributed by atoms with Crippen LogP contribution in [0, 0.1) is 0 Å². The first-order valence-electron chi connectivity index (χ1n) is 8.31. The number of unbranched alkanes of at least 4 members (excludes halogenated alkanes) is 6. The number of hydrogen-bond donors (Lipinski definition) is 1. The molecule has 1 unspecified atom stereocenters. The van der Waals surface area contributed by atoms with Crippen molar-refractivity contribution in [3.63, 3.8) is 0 Å². The molecule has 1 atom stereocenters. The maximum Gasteiger partial charge on any atom is 0.110 e. The van der Waals surface area contributed by atoms with Gasteiger partial charge >= 0.3 is 0 Å². The monoisotopic (exact) mass is 296 g/mol. The second-order valence-corrected chi connectivity index (χ2v) is 6.91. The Bertz CT molecular complexity index is 347. The summed E-state index contributed by atoms with van der Waals surface area (Å²) in [5.41, 5.74) is 1.24. The minimum absolute atomic E-state index is 0.447. The lowest BCUT2D eigenvalue weighted by molar-refractivity contribution is 0.493. The smallest absolute Gasteiger partial charge is 0.110 e. The van der Waals surface area contributed by atoms with Crippen molar-refractivity contribution in [3.8, 4) is 0 Å². The molecule has 0 radical (unpaired) electrons. The highest BCUT2D eigenvalue weighted by Gasteiger charge is 2.14. The van der Waals surface area contributed by atoms with E-state index in [0.29, 0.717) is 12.0 Å². The van der Waals surface area contributed by atoms with Gasteiger partial charge in [0.1, 0.15) is 5.01 Å². The third-order valence-electron chi connectivity index (χ3n) is 3.87. The van der Waals surface area contributed by atoms with Gasteiger partial charge in [0.25, 0.3) is 0 Å². The maximum absolute atomic E-state index is 4.78. The highest BCUT2D eigenvalue weighted by Crippen LogP contribution is 2.26. The molecule has 0 bridgehead atoms. The van der Waals surface area contributed by atoms with Crippen molar-refractivity contribution in [2.45, 2.75) is 84.1 Å². The van der Waals surface area contributed by atoms with E-state index >= 15 is 0 Å². The van der Waals surface area contributed by atoms with Gasteiger partial charge in [-0.25, -0.2) is 4.98 Å². The zero-order valence-electron chi connectivity index (χ0n) is 13.7. The molecule has 1 aromatic heterocycles. The standard InChI is InChI=1S/C17H32N2S/c1-5-6-7-8-9-10-11-12-15(18-4)17-19-16(13-20-17)14(2)3/h13-15,18H,5-12H2,1-4H3. The molecule has 1 aromatic rings. The largest absolute Gasteiger partial charge is 0.311 e. The summed E-state index contributed by atoms with van der Waals surface area (Å²) in [5.74, 6) is 0.538. The van der Waals surface area contributed by atoms with Crippen LogP contribution in [0.5, 0.6) is 0 Å². The molecule has 0 aromatic carbocycles. The van der Waals surface area contributed by atoms with Crippen LogP contribution in [0.2, 0.25) is 0 Å². The normalized spacial score (nSPS) is 13.1. The first kappa shape index (κ1) is 17.6. The van der Waals surface area contributed by atoms with E-state index in [2.05, 4.69) is 38.5 Å². The zero-order valence-corrected chi connectivity index (χ0v) is 14.6. The second kappa shape index (κ2) is 10.3. The van der Waals surface area contributed by atoms with Crippen LogP contribution < -0.4 is 5.32 Å². The quantitative estimate of drug-likeness (QED) is 0.532. The van der Waals surface area contributed by atoms with Crippen molar-refractivity contribution in [2.24, 2.45) is 0 Å². The van der Waals surface area contributed by atoms with E-state index in [9.17, 15) is 0 Å². The molecule has 0 saturated heterocycles. The lowest BCUT2D eigenvalue weighted by Gasteiger charge is -2.13. The third-order valence-corrected chi connectivity index (χ3v) is 4.85. The molecule has 0 spiro atoms. The highest BCUT2D eigenvalue weighted by molar-refractivity contribution is 7.09. The highest BCUT2D eigenvalue weighted by atomic mass is 32.1. The van der Waals surface area contributed by atoms with E-state index in [4.69, 9.17) is 4.98 Å². The summed E-state index contributed by atoms with van der Waals surface area (Å²) < 4.78 is 0. The van der Waals surface area contributed by atoms with E-state index in [0.717, 1.165) is 0 Å². The number of aromatic nitrogens is 1. The summed E-state index contributed by atoms with van der Waals surface area (Å²) in [6.45, 7) is 6.70. The van der Waals surface area contributed by atoms with Gasteiger partial charge in [-0.05, 0) is 19.4 Å². The number of hydrogen-bond acceptors (Lipinski definition) is 3.